The van der Waals surface area contributed by atoms with Gasteiger partial charge in [-0.1, -0.05) is 0 Å². The minimum atomic E-state index is 1.07. The van der Waals surface area contributed by atoms with Gasteiger partial charge in [-0.15, -0.1) is 24.0 Å². The third-order valence-corrected chi connectivity index (χ3v) is 3.32. The van der Waals surface area contributed by atoms with E-state index < -0.39 is 0 Å². The Morgan fingerprint density at radius 2 is 2.00 bits per heavy atom. The van der Waals surface area contributed by atoms with Crippen LogP contribution in [0.2, 0.25) is 0 Å². The Bertz CT molecular complexity index is 431. The van der Waals surface area contributed by atoms with Crippen molar-refractivity contribution < 1.29 is 0 Å². The van der Waals surface area contributed by atoms with Crippen molar-refractivity contribution in [1.82, 2.24) is 0 Å². The molecular weight excluding hydrogens is 198 g/mol. The van der Waals surface area contributed by atoms with Gasteiger partial charge in [0.05, 0.1) is 4.21 Å². The normalized spacial score (nSPS) is 10.7. The molecule has 13 heavy (non-hydrogen) atoms. The van der Waals surface area contributed by atoms with Crippen LogP contribution in [0.5, 0.6) is 0 Å². The van der Waals surface area contributed by atoms with Crippen LogP contribution in [0, 0.1) is 0 Å². The van der Waals surface area contributed by atoms with Gasteiger partial charge in [0.2, 0.25) is 0 Å². The third-order valence-electron chi connectivity index (χ3n) is 2.00. The minimum Gasteiger partial charge on any atom is -0.378 e. The van der Waals surface area contributed by atoms with Crippen molar-refractivity contribution in [3.05, 3.63) is 24.3 Å². The van der Waals surface area contributed by atoms with E-state index in [1.54, 1.807) is 11.3 Å². The van der Waals surface area contributed by atoms with Gasteiger partial charge < -0.3 is 4.90 Å². The molecule has 0 fully saturated rings. The molecule has 0 saturated carbocycles. The molecule has 0 saturated heterocycles. The van der Waals surface area contributed by atoms with E-state index in [9.17, 15) is 0 Å². The van der Waals surface area contributed by atoms with E-state index in [0.717, 1.165) is 4.21 Å². The summed E-state index contributed by atoms with van der Waals surface area (Å²) in [6.45, 7) is 0. The third kappa shape index (κ3) is 1.67. The largest absolute Gasteiger partial charge is 0.378 e. The fraction of sp³-hybridized carbons (Fsp3) is 0.200. The van der Waals surface area contributed by atoms with Crippen LogP contribution in [-0.4, -0.2) is 14.1 Å². The fourth-order valence-electron chi connectivity index (χ4n) is 1.29. The number of rotatable bonds is 1. The molecule has 2 rings (SSSR count). The lowest BCUT2D eigenvalue weighted by Gasteiger charge is -2.11. The topological polar surface area (TPSA) is 3.24 Å². The number of anilines is 1. The predicted octanol–water partition coefficient (Wildman–Crippen LogP) is 3.26. The molecule has 0 spiro atoms. The van der Waals surface area contributed by atoms with E-state index in [4.69, 9.17) is 0 Å². The first-order chi connectivity index (χ1) is 6.16. The zero-order chi connectivity index (χ0) is 9.42. The van der Waals surface area contributed by atoms with Gasteiger partial charge in [0.1, 0.15) is 0 Å². The smallest absolute Gasteiger partial charge is 0.0580 e. The second kappa shape index (κ2) is 3.24. The predicted molar refractivity (Wildman–Crippen MR) is 63.4 cm³/mol. The van der Waals surface area contributed by atoms with Crippen LogP contribution in [0.4, 0.5) is 5.69 Å². The van der Waals surface area contributed by atoms with Crippen LogP contribution in [0.25, 0.3) is 10.1 Å². The van der Waals surface area contributed by atoms with E-state index in [1.807, 2.05) is 0 Å². The van der Waals surface area contributed by atoms with E-state index in [0.29, 0.717) is 0 Å². The molecule has 1 aromatic heterocycles. The van der Waals surface area contributed by atoms with Crippen molar-refractivity contribution in [3.8, 4) is 0 Å². The van der Waals surface area contributed by atoms with E-state index in [2.05, 4.69) is 55.9 Å². The Morgan fingerprint density at radius 3 is 2.69 bits per heavy atom. The second-order valence-corrected chi connectivity index (χ2v) is 5.07. The molecule has 1 heterocycles. The Labute approximate surface area is 87.4 Å². The number of benzene rings is 1. The fourth-order valence-corrected chi connectivity index (χ4v) is 2.51. The van der Waals surface area contributed by atoms with Crippen molar-refractivity contribution >= 4 is 39.7 Å². The average molecular weight is 209 g/mol. The van der Waals surface area contributed by atoms with Gasteiger partial charge in [0, 0.05) is 24.5 Å². The summed E-state index contributed by atoms with van der Waals surface area (Å²) < 4.78 is 2.38. The number of hydrogen-bond acceptors (Lipinski definition) is 3. The Balaban J connectivity index is 2.61. The molecule has 0 N–H and O–H groups in total. The molecule has 68 valence electrons. The maximum absolute atomic E-state index is 4.33. The molecule has 0 amide bonds. The molecule has 0 aliphatic rings. The molecule has 0 unspecified atom stereocenters. The van der Waals surface area contributed by atoms with Crippen molar-refractivity contribution in [2.24, 2.45) is 0 Å². The van der Waals surface area contributed by atoms with Crippen LogP contribution in [0.3, 0.4) is 0 Å². The van der Waals surface area contributed by atoms with Crippen LogP contribution in [0.15, 0.2) is 28.5 Å². The molecular formula is C10H11NS2. The summed E-state index contributed by atoms with van der Waals surface area (Å²) in [6, 6.07) is 8.57. The Morgan fingerprint density at radius 1 is 1.23 bits per heavy atom. The van der Waals surface area contributed by atoms with Gasteiger partial charge in [-0.3, -0.25) is 0 Å². The number of fused-ring (bicyclic) bond motifs is 1. The van der Waals surface area contributed by atoms with Gasteiger partial charge in [-0.25, -0.2) is 0 Å². The summed E-state index contributed by atoms with van der Waals surface area (Å²) in [4.78, 5) is 2.11. The minimum absolute atomic E-state index is 1.07. The van der Waals surface area contributed by atoms with E-state index in [1.165, 1.54) is 15.8 Å². The first-order valence-corrected chi connectivity index (χ1v) is 5.33. The standard InChI is InChI=1S/C10H11NS2/c1-11(2)8-3-4-9-7(5-8)6-10(12)13-9/h3-6,12H,1-2H3. The zero-order valence-electron chi connectivity index (χ0n) is 7.61. The van der Waals surface area contributed by atoms with Crippen molar-refractivity contribution in [3.63, 3.8) is 0 Å². The summed E-state index contributed by atoms with van der Waals surface area (Å²) in [7, 11) is 4.10. The summed E-state index contributed by atoms with van der Waals surface area (Å²) in [5.41, 5.74) is 1.23. The molecule has 3 heteroatoms. The highest BCUT2D eigenvalue weighted by Gasteiger charge is 2.00. The molecule has 0 radical (unpaired) electrons. The lowest BCUT2D eigenvalue weighted by atomic mass is 10.2. The quantitative estimate of drug-likeness (QED) is 0.706. The van der Waals surface area contributed by atoms with Gasteiger partial charge in [-0.2, -0.15) is 0 Å². The number of thiophene rings is 1. The van der Waals surface area contributed by atoms with E-state index in [-0.39, 0.29) is 0 Å². The van der Waals surface area contributed by atoms with E-state index >= 15 is 0 Å². The average Bonchev–Trinajstić information content (AvgIpc) is 2.42. The van der Waals surface area contributed by atoms with Crippen molar-refractivity contribution in [1.29, 1.82) is 0 Å². The highest BCUT2D eigenvalue weighted by molar-refractivity contribution is 7.83. The summed E-state index contributed by atoms with van der Waals surface area (Å²) >= 11 is 6.05. The molecule has 1 aromatic carbocycles. The number of nitrogens with zero attached hydrogens (tertiary/aromatic N) is 1. The number of thiol groups is 1. The molecule has 0 aliphatic carbocycles. The van der Waals surface area contributed by atoms with Crippen LogP contribution >= 0.6 is 24.0 Å². The molecule has 0 bridgehead atoms. The molecule has 0 aliphatic heterocycles. The van der Waals surface area contributed by atoms with Gasteiger partial charge in [0.25, 0.3) is 0 Å². The SMILES string of the molecule is CN(C)c1ccc2sc(S)cc2c1. The highest BCUT2D eigenvalue weighted by Crippen LogP contribution is 2.30. The maximum atomic E-state index is 4.33. The zero-order valence-corrected chi connectivity index (χ0v) is 9.32. The molecule has 2 aromatic rings. The monoisotopic (exact) mass is 209 g/mol. The van der Waals surface area contributed by atoms with Crippen molar-refractivity contribution in [2.45, 2.75) is 4.21 Å². The van der Waals surface area contributed by atoms with Gasteiger partial charge in [-0.05, 0) is 29.7 Å². The molecule has 1 nitrogen and oxygen atoms in total. The number of hydrogen-bond donors (Lipinski definition) is 1. The van der Waals surface area contributed by atoms with Gasteiger partial charge in [0.15, 0.2) is 0 Å². The van der Waals surface area contributed by atoms with Gasteiger partial charge >= 0.3 is 0 Å². The summed E-state index contributed by atoms with van der Waals surface area (Å²) in [5.74, 6) is 0. The Kier molecular flexibility index (Phi) is 2.22. The first kappa shape index (κ1) is 8.91. The van der Waals surface area contributed by atoms with Crippen LogP contribution < -0.4 is 4.90 Å². The second-order valence-electron chi connectivity index (χ2n) is 3.20. The first-order valence-electron chi connectivity index (χ1n) is 4.07. The molecule has 0 atom stereocenters. The highest BCUT2D eigenvalue weighted by atomic mass is 32.2. The summed E-state index contributed by atoms with van der Waals surface area (Å²) in [6.07, 6.45) is 0. The van der Waals surface area contributed by atoms with Crippen LogP contribution in [-0.2, 0) is 0 Å². The maximum Gasteiger partial charge on any atom is 0.0580 e. The lowest BCUT2D eigenvalue weighted by molar-refractivity contribution is 1.14. The summed E-state index contributed by atoms with van der Waals surface area (Å²) in [5, 5.41) is 1.28. The Hall–Kier alpha value is -0.670. The van der Waals surface area contributed by atoms with Crippen LogP contribution in [0.1, 0.15) is 0 Å². The van der Waals surface area contributed by atoms with Crippen molar-refractivity contribution in [2.75, 3.05) is 19.0 Å². The lowest BCUT2D eigenvalue weighted by Crippen LogP contribution is -2.07.